The molecule has 0 saturated heterocycles. The third kappa shape index (κ3) is 3.58. The third-order valence-electron chi connectivity index (χ3n) is 2.89. The number of alkyl halides is 3. The molecule has 0 saturated carbocycles. The van der Waals surface area contributed by atoms with E-state index in [0.29, 0.717) is 0 Å². The highest BCUT2D eigenvalue weighted by Crippen LogP contribution is 2.28. The smallest absolute Gasteiger partial charge is 0.389 e. The number of halogens is 3. The molecule has 0 radical (unpaired) electrons. The lowest BCUT2D eigenvalue weighted by Crippen LogP contribution is -2.27. The Morgan fingerprint density at radius 3 is 2.77 bits per heavy atom. The Morgan fingerprint density at radius 1 is 1.41 bits per heavy atom. The van der Waals surface area contributed by atoms with Gasteiger partial charge in [-0.3, -0.25) is 14.4 Å². The van der Waals surface area contributed by atoms with Gasteiger partial charge < -0.3 is 10.4 Å². The molecule has 22 heavy (non-hydrogen) atoms. The lowest BCUT2D eigenvalue weighted by molar-refractivity contribution is -0.134. The van der Waals surface area contributed by atoms with Gasteiger partial charge in [-0.05, 0) is 12.1 Å². The second-order valence-electron chi connectivity index (χ2n) is 4.50. The number of hydroxylamine groups is 1. The summed E-state index contributed by atoms with van der Waals surface area (Å²) in [7, 11) is 0. The average Bonchev–Trinajstić information content (AvgIpc) is 2.81. The van der Waals surface area contributed by atoms with E-state index in [1.807, 2.05) is 0 Å². The molecule has 120 valence electrons. The molecule has 2 aromatic heterocycles. The van der Waals surface area contributed by atoms with Crippen LogP contribution in [0.4, 0.5) is 19.0 Å². The normalized spacial score (nSPS) is 11.6. The standard InChI is InChI=1S/C12H13F3N4O3/c13-12(14,15)4-3-7-10(16-6-9(21)18-22)19-5-1-2-8(20)11(19)17-7/h1-2,5,16,20,22H,3-4,6H2,(H,18,21). The van der Waals surface area contributed by atoms with Crippen molar-refractivity contribution in [1.29, 1.82) is 0 Å². The zero-order valence-corrected chi connectivity index (χ0v) is 11.2. The van der Waals surface area contributed by atoms with Crippen LogP contribution in [0.3, 0.4) is 0 Å². The number of aryl methyl sites for hydroxylation is 1. The summed E-state index contributed by atoms with van der Waals surface area (Å²) in [5.74, 6) is -0.814. The zero-order valence-electron chi connectivity index (χ0n) is 11.2. The van der Waals surface area contributed by atoms with Gasteiger partial charge in [0.1, 0.15) is 5.82 Å². The molecule has 0 aliphatic heterocycles. The van der Waals surface area contributed by atoms with Gasteiger partial charge >= 0.3 is 6.18 Å². The van der Waals surface area contributed by atoms with Crippen molar-refractivity contribution in [3.63, 3.8) is 0 Å². The van der Waals surface area contributed by atoms with Crippen molar-refractivity contribution in [2.24, 2.45) is 0 Å². The number of fused-ring (bicyclic) bond motifs is 1. The fourth-order valence-corrected chi connectivity index (χ4v) is 1.93. The molecule has 1 amide bonds. The molecule has 0 atom stereocenters. The van der Waals surface area contributed by atoms with Crippen molar-refractivity contribution >= 4 is 17.4 Å². The van der Waals surface area contributed by atoms with Gasteiger partial charge in [0.05, 0.1) is 12.2 Å². The molecular weight excluding hydrogens is 305 g/mol. The Hall–Kier alpha value is -2.49. The number of pyridine rings is 1. The maximum atomic E-state index is 12.4. The molecule has 0 unspecified atom stereocenters. The topological polar surface area (TPSA) is 98.9 Å². The van der Waals surface area contributed by atoms with E-state index in [9.17, 15) is 23.1 Å². The second kappa shape index (κ2) is 6.10. The van der Waals surface area contributed by atoms with Crippen LogP contribution in [0.5, 0.6) is 5.75 Å². The highest BCUT2D eigenvalue weighted by atomic mass is 19.4. The van der Waals surface area contributed by atoms with Crippen LogP contribution in [0.1, 0.15) is 12.1 Å². The molecule has 0 spiro atoms. The molecule has 0 aliphatic rings. The van der Waals surface area contributed by atoms with Crippen molar-refractivity contribution < 1.29 is 28.3 Å². The Balaban J connectivity index is 2.35. The number of anilines is 1. The Bertz CT molecular complexity index is 684. The van der Waals surface area contributed by atoms with E-state index in [2.05, 4.69) is 10.3 Å². The minimum atomic E-state index is -4.35. The molecule has 0 bridgehead atoms. The lowest BCUT2D eigenvalue weighted by atomic mass is 10.2. The number of hydrogen-bond donors (Lipinski definition) is 4. The molecule has 4 N–H and O–H groups in total. The summed E-state index contributed by atoms with van der Waals surface area (Å²) < 4.78 is 38.5. The van der Waals surface area contributed by atoms with Crippen molar-refractivity contribution in [3.8, 4) is 5.75 Å². The molecule has 0 aromatic carbocycles. The summed E-state index contributed by atoms with van der Waals surface area (Å²) in [5, 5.41) is 20.8. The first-order valence-electron chi connectivity index (χ1n) is 6.24. The van der Waals surface area contributed by atoms with Crippen molar-refractivity contribution in [1.82, 2.24) is 14.9 Å². The van der Waals surface area contributed by atoms with Gasteiger partial charge in [0.25, 0.3) is 5.91 Å². The first-order chi connectivity index (χ1) is 10.3. The number of amides is 1. The average molecular weight is 318 g/mol. The van der Waals surface area contributed by atoms with E-state index in [1.165, 1.54) is 28.2 Å². The highest BCUT2D eigenvalue weighted by Gasteiger charge is 2.28. The maximum Gasteiger partial charge on any atom is 0.389 e. The summed E-state index contributed by atoms with van der Waals surface area (Å²) in [6.45, 7) is -0.362. The first-order valence-corrected chi connectivity index (χ1v) is 6.24. The van der Waals surface area contributed by atoms with Crippen molar-refractivity contribution in [3.05, 3.63) is 24.0 Å². The van der Waals surface area contributed by atoms with Crippen molar-refractivity contribution in [2.75, 3.05) is 11.9 Å². The minimum Gasteiger partial charge on any atom is -0.504 e. The molecule has 2 rings (SSSR count). The molecule has 0 aliphatic carbocycles. The number of nitrogens with zero attached hydrogens (tertiary/aromatic N) is 2. The highest BCUT2D eigenvalue weighted by molar-refractivity contribution is 5.79. The van der Waals surface area contributed by atoms with Gasteiger partial charge in [0, 0.05) is 19.0 Å². The number of aromatic nitrogens is 2. The summed E-state index contributed by atoms with van der Waals surface area (Å²) in [5.41, 5.74) is 1.54. The SMILES string of the molecule is O=C(CNc1c(CCC(F)(F)F)nc2c(O)cccn12)NO. The zero-order chi connectivity index (χ0) is 16.3. The Morgan fingerprint density at radius 2 is 2.14 bits per heavy atom. The van der Waals surface area contributed by atoms with Crippen LogP contribution in [0.25, 0.3) is 5.65 Å². The fraction of sp³-hybridized carbons (Fsp3) is 0.333. The van der Waals surface area contributed by atoms with E-state index in [1.54, 1.807) is 0 Å². The Kier molecular flexibility index (Phi) is 4.40. The lowest BCUT2D eigenvalue weighted by Gasteiger charge is -2.09. The molecule has 10 heteroatoms. The molecule has 2 heterocycles. The van der Waals surface area contributed by atoms with E-state index >= 15 is 0 Å². The maximum absolute atomic E-state index is 12.4. The molecular formula is C12H13F3N4O3. The quantitative estimate of drug-likeness (QED) is 0.494. The van der Waals surface area contributed by atoms with Crippen LogP contribution in [0.15, 0.2) is 18.3 Å². The van der Waals surface area contributed by atoms with Gasteiger partial charge in [-0.1, -0.05) is 0 Å². The molecule has 2 aromatic rings. The second-order valence-corrected chi connectivity index (χ2v) is 4.50. The predicted molar refractivity (Wildman–Crippen MR) is 69.7 cm³/mol. The van der Waals surface area contributed by atoms with Crippen LogP contribution in [-0.2, 0) is 11.2 Å². The van der Waals surface area contributed by atoms with E-state index in [4.69, 9.17) is 5.21 Å². The van der Waals surface area contributed by atoms with Crippen LogP contribution in [-0.4, -0.2) is 38.3 Å². The number of carbonyl (C=O) groups excluding carboxylic acids is 1. The minimum absolute atomic E-state index is 0.0598. The van der Waals surface area contributed by atoms with Gasteiger partial charge in [-0.2, -0.15) is 13.2 Å². The molecule has 7 nitrogen and oxygen atoms in total. The third-order valence-corrected chi connectivity index (χ3v) is 2.89. The van der Waals surface area contributed by atoms with Crippen LogP contribution in [0.2, 0.25) is 0 Å². The summed E-state index contributed by atoms with van der Waals surface area (Å²) >= 11 is 0. The largest absolute Gasteiger partial charge is 0.504 e. The molecule has 0 fully saturated rings. The van der Waals surface area contributed by atoms with E-state index in [0.717, 1.165) is 0 Å². The number of aromatic hydroxyl groups is 1. The number of carbonyl (C=O) groups is 1. The van der Waals surface area contributed by atoms with E-state index in [-0.39, 0.29) is 29.5 Å². The summed E-state index contributed by atoms with van der Waals surface area (Å²) in [6, 6.07) is 2.83. The van der Waals surface area contributed by atoms with Crippen molar-refractivity contribution in [2.45, 2.75) is 19.0 Å². The number of imidazole rings is 1. The van der Waals surface area contributed by atoms with Crippen LogP contribution < -0.4 is 10.8 Å². The monoisotopic (exact) mass is 318 g/mol. The number of nitrogens with one attached hydrogen (secondary N) is 2. The van der Waals surface area contributed by atoms with Gasteiger partial charge in [-0.25, -0.2) is 10.5 Å². The summed E-state index contributed by atoms with van der Waals surface area (Å²) in [4.78, 5) is 15.0. The van der Waals surface area contributed by atoms with E-state index < -0.39 is 24.9 Å². The fourth-order valence-electron chi connectivity index (χ4n) is 1.93. The Labute approximate surface area is 122 Å². The number of hydrogen-bond acceptors (Lipinski definition) is 5. The van der Waals surface area contributed by atoms with Gasteiger partial charge in [-0.15, -0.1) is 0 Å². The van der Waals surface area contributed by atoms with Gasteiger partial charge in [0.15, 0.2) is 11.4 Å². The van der Waals surface area contributed by atoms with Gasteiger partial charge in [0.2, 0.25) is 0 Å². The number of rotatable bonds is 5. The predicted octanol–water partition coefficient (Wildman–Crippen LogP) is 1.45. The van der Waals surface area contributed by atoms with Crippen LogP contribution >= 0.6 is 0 Å². The van der Waals surface area contributed by atoms with Crippen LogP contribution in [0, 0.1) is 0 Å². The summed E-state index contributed by atoms with van der Waals surface area (Å²) in [6.07, 6.45) is -4.36. The first kappa shape index (κ1) is 15.9.